The van der Waals surface area contributed by atoms with Crippen LogP contribution < -0.4 is 10.0 Å². The molecule has 0 aliphatic carbocycles. The highest BCUT2D eigenvalue weighted by Gasteiger charge is 2.17. The maximum atomic E-state index is 13.4. The lowest BCUT2D eigenvalue weighted by atomic mass is 10.1. The summed E-state index contributed by atoms with van der Waals surface area (Å²) in [6.07, 6.45) is 4.25. The molecule has 214 valence electrons. The molecule has 0 atom stereocenters. The number of nitrogens with zero attached hydrogens (tertiary/aromatic N) is 3. The topological polar surface area (TPSA) is 106 Å². The van der Waals surface area contributed by atoms with Gasteiger partial charge < -0.3 is 5.32 Å². The fraction of sp³-hybridized carbons (Fsp3) is 0.156. The Labute approximate surface area is 244 Å². The third-order valence-corrected chi connectivity index (χ3v) is 8.05. The standard InChI is InChI=1S/C32H30FN5O3S/c1-21-4-15-28(16-5-21)42(40,41)37-32(39)34-19-18-25-8-13-27(14-9-25)38-29(17-10-24-6-11-26(33)12-7-24)36-30-22(2)20-23(3)35-31(30)38/h4-17,20H,18-19H2,1-3H3,(H2,34,37,39)/b17-10-. The largest absolute Gasteiger partial charge is 0.337 e. The molecule has 0 fully saturated rings. The van der Waals surface area contributed by atoms with E-state index in [0.29, 0.717) is 12.2 Å². The number of imidazole rings is 1. The number of halogens is 1. The Bertz CT molecular complexity index is 1880. The monoisotopic (exact) mass is 583 g/mol. The van der Waals surface area contributed by atoms with Gasteiger partial charge in [0.2, 0.25) is 0 Å². The molecule has 2 aromatic heterocycles. The van der Waals surface area contributed by atoms with Crippen LogP contribution in [0.3, 0.4) is 0 Å². The Morgan fingerprint density at radius 1 is 0.905 bits per heavy atom. The molecule has 2 heterocycles. The molecule has 42 heavy (non-hydrogen) atoms. The van der Waals surface area contributed by atoms with E-state index in [0.717, 1.165) is 44.8 Å². The first kappa shape index (κ1) is 28.7. The summed E-state index contributed by atoms with van der Waals surface area (Å²) in [6.45, 7) is 6.04. The van der Waals surface area contributed by atoms with Crippen LogP contribution in [0.15, 0.2) is 83.8 Å². The molecule has 0 bridgehead atoms. The van der Waals surface area contributed by atoms with Crippen LogP contribution >= 0.6 is 0 Å². The number of amides is 2. The van der Waals surface area contributed by atoms with Gasteiger partial charge in [-0.15, -0.1) is 0 Å². The number of pyridine rings is 1. The average molecular weight is 584 g/mol. The van der Waals surface area contributed by atoms with Crippen LogP contribution in [0.25, 0.3) is 29.0 Å². The van der Waals surface area contributed by atoms with Crippen molar-refractivity contribution in [2.75, 3.05) is 6.54 Å². The van der Waals surface area contributed by atoms with Crippen LogP contribution in [0.5, 0.6) is 0 Å². The molecular formula is C32H30FN5O3S. The molecule has 5 aromatic rings. The minimum Gasteiger partial charge on any atom is -0.337 e. The van der Waals surface area contributed by atoms with E-state index in [9.17, 15) is 17.6 Å². The highest BCUT2D eigenvalue weighted by atomic mass is 32.2. The number of benzene rings is 3. The highest BCUT2D eigenvalue weighted by Crippen LogP contribution is 2.25. The van der Waals surface area contributed by atoms with Gasteiger partial charge in [0.25, 0.3) is 10.0 Å². The second-order valence-corrected chi connectivity index (χ2v) is 11.7. The minimum atomic E-state index is -3.95. The fourth-order valence-electron chi connectivity index (χ4n) is 4.55. The summed E-state index contributed by atoms with van der Waals surface area (Å²) in [5, 5.41) is 2.61. The SMILES string of the molecule is Cc1ccc(S(=O)(=O)NC(=O)NCCc2ccc(-n3c(/C=C\c4ccc(F)cc4)nc4c(C)cc(C)nc43)cc2)cc1. The van der Waals surface area contributed by atoms with Gasteiger partial charge in [0, 0.05) is 17.9 Å². The van der Waals surface area contributed by atoms with Crippen LogP contribution in [-0.4, -0.2) is 35.5 Å². The van der Waals surface area contributed by atoms with E-state index in [-0.39, 0.29) is 17.3 Å². The van der Waals surface area contributed by atoms with Crippen LogP contribution in [0.4, 0.5) is 9.18 Å². The summed E-state index contributed by atoms with van der Waals surface area (Å²) >= 11 is 0. The smallest absolute Gasteiger partial charge is 0.328 e. The van der Waals surface area contributed by atoms with Crippen molar-refractivity contribution in [2.24, 2.45) is 0 Å². The average Bonchev–Trinajstić information content (AvgIpc) is 3.31. The Kier molecular flexibility index (Phi) is 8.17. The summed E-state index contributed by atoms with van der Waals surface area (Å²) in [5.41, 5.74) is 6.98. The molecular weight excluding hydrogens is 553 g/mol. The molecule has 5 rings (SSSR count). The molecule has 0 aliphatic heterocycles. The van der Waals surface area contributed by atoms with Crippen LogP contribution in [0.1, 0.15) is 33.8 Å². The Morgan fingerprint density at radius 3 is 2.29 bits per heavy atom. The zero-order valence-corrected chi connectivity index (χ0v) is 24.2. The van der Waals surface area contributed by atoms with Crippen LogP contribution in [-0.2, 0) is 16.4 Å². The van der Waals surface area contributed by atoms with Gasteiger partial charge in [0.1, 0.15) is 17.2 Å². The van der Waals surface area contributed by atoms with Crippen molar-refractivity contribution in [3.8, 4) is 5.69 Å². The quantitative estimate of drug-likeness (QED) is 0.237. The van der Waals surface area contributed by atoms with Gasteiger partial charge in [-0.1, -0.05) is 48.0 Å². The van der Waals surface area contributed by atoms with Gasteiger partial charge in [-0.3, -0.25) is 4.57 Å². The van der Waals surface area contributed by atoms with E-state index in [4.69, 9.17) is 9.97 Å². The number of nitrogens with one attached hydrogen (secondary N) is 2. The van der Waals surface area contributed by atoms with E-state index in [1.807, 2.05) is 72.5 Å². The van der Waals surface area contributed by atoms with E-state index >= 15 is 0 Å². The van der Waals surface area contributed by atoms with Crippen molar-refractivity contribution < 1.29 is 17.6 Å². The Hall–Kier alpha value is -4.83. The number of aromatic nitrogens is 3. The van der Waals surface area contributed by atoms with Crippen LogP contribution in [0.2, 0.25) is 0 Å². The second kappa shape index (κ2) is 12.0. The molecule has 0 spiro atoms. The Morgan fingerprint density at radius 2 is 1.60 bits per heavy atom. The molecule has 0 saturated carbocycles. The van der Waals surface area contributed by atoms with Crippen molar-refractivity contribution in [3.05, 3.63) is 118 Å². The second-order valence-electron chi connectivity index (χ2n) is 10.0. The van der Waals surface area contributed by atoms with Crippen molar-refractivity contribution in [1.82, 2.24) is 24.6 Å². The van der Waals surface area contributed by atoms with Gasteiger partial charge in [-0.05, 0) is 92.4 Å². The predicted octanol–water partition coefficient (Wildman–Crippen LogP) is 5.89. The molecule has 8 nitrogen and oxygen atoms in total. The number of fused-ring (bicyclic) bond motifs is 1. The maximum Gasteiger partial charge on any atom is 0.328 e. The summed E-state index contributed by atoms with van der Waals surface area (Å²) in [7, 11) is -3.95. The molecule has 2 amide bonds. The molecule has 0 unspecified atom stereocenters. The molecule has 0 radical (unpaired) electrons. The number of hydrogen-bond acceptors (Lipinski definition) is 5. The molecule has 10 heteroatoms. The number of carbonyl (C=O) groups is 1. The number of rotatable bonds is 8. The van der Waals surface area contributed by atoms with Gasteiger partial charge >= 0.3 is 6.03 Å². The van der Waals surface area contributed by atoms with Gasteiger partial charge in [0.15, 0.2) is 5.65 Å². The van der Waals surface area contributed by atoms with E-state index in [1.54, 1.807) is 24.3 Å². The van der Waals surface area contributed by atoms with Crippen LogP contribution in [0, 0.1) is 26.6 Å². The normalized spacial score (nSPS) is 11.7. The third kappa shape index (κ3) is 6.55. The highest BCUT2D eigenvalue weighted by molar-refractivity contribution is 7.90. The van der Waals surface area contributed by atoms with E-state index < -0.39 is 16.1 Å². The number of sulfonamides is 1. The lowest BCUT2D eigenvalue weighted by molar-refractivity contribution is 0.246. The number of aryl methyl sites for hydroxylation is 3. The molecule has 3 aromatic carbocycles. The van der Waals surface area contributed by atoms with Gasteiger partial charge in [-0.25, -0.2) is 32.3 Å². The number of carbonyl (C=O) groups excluding carboxylic acids is 1. The lowest BCUT2D eigenvalue weighted by Gasteiger charge is -2.10. The van der Waals surface area contributed by atoms with Crippen molar-refractivity contribution >= 4 is 39.4 Å². The van der Waals surface area contributed by atoms with Crippen molar-refractivity contribution in [2.45, 2.75) is 32.1 Å². The van der Waals surface area contributed by atoms with Gasteiger partial charge in [-0.2, -0.15) is 0 Å². The summed E-state index contributed by atoms with van der Waals surface area (Å²) in [5.74, 6) is 0.384. The predicted molar refractivity (Wildman–Crippen MR) is 162 cm³/mol. The zero-order chi connectivity index (χ0) is 29.9. The maximum absolute atomic E-state index is 13.4. The van der Waals surface area contributed by atoms with Crippen molar-refractivity contribution in [3.63, 3.8) is 0 Å². The Balaban J connectivity index is 1.31. The zero-order valence-electron chi connectivity index (χ0n) is 23.4. The summed E-state index contributed by atoms with van der Waals surface area (Å²) in [6, 6.07) is 21.5. The summed E-state index contributed by atoms with van der Waals surface area (Å²) < 4.78 is 42.2. The molecule has 2 N–H and O–H groups in total. The first-order valence-electron chi connectivity index (χ1n) is 13.4. The lowest BCUT2D eigenvalue weighted by Crippen LogP contribution is -2.40. The third-order valence-electron chi connectivity index (χ3n) is 6.71. The van der Waals surface area contributed by atoms with E-state index in [2.05, 4.69) is 5.32 Å². The first-order chi connectivity index (χ1) is 20.1. The minimum absolute atomic E-state index is 0.0256. The fourth-order valence-corrected chi connectivity index (χ4v) is 5.48. The molecule has 0 aliphatic rings. The number of urea groups is 1. The van der Waals surface area contributed by atoms with E-state index in [1.165, 1.54) is 24.3 Å². The number of hydrogen-bond donors (Lipinski definition) is 2. The van der Waals surface area contributed by atoms with Crippen molar-refractivity contribution in [1.29, 1.82) is 0 Å². The molecule has 0 saturated heterocycles. The summed E-state index contributed by atoms with van der Waals surface area (Å²) in [4.78, 5) is 21.9. The van der Waals surface area contributed by atoms with Gasteiger partial charge in [0.05, 0.1) is 4.90 Å². The first-order valence-corrected chi connectivity index (χ1v) is 14.8.